The molecule has 0 fully saturated rings. The summed E-state index contributed by atoms with van der Waals surface area (Å²) in [7, 11) is 0. The zero-order valence-corrected chi connectivity index (χ0v) is 11.0. The molecule has 102 valence electrons. The molecule has 0 aliphatic heterocycles. The Hall–Kier alpha value is -2.06. The summed E-state index contributed by atoms with van der Waals surface area (Å²) in [6.07, 6.45) is 0. The fraction of sp³-hybridized carbons (Fsp3) is 0.357. The molecule has 19 heavy (non-hydrogen) atoms. The molecule has 0 bridgehead atoms. The standard InChI is InChI=1S/C14H17FN2O2/c1-3-17(4-2)14(19)16-12-7-8-13(15)11(10-12)6-5-9-18/h7-8,10,18H,3-4,9H2,1-2H3,(H,16,19). The quantitative estimate of drug-likeness (QED) is 0.821. The Kier molecular flexibility index (Phi) is 5.83. The average molecular weight is 264 g/mol. The van der Waals surface area contributed by atoms with Crippen molar-refractivity contribution in [2.45, 2.75) is 13.8 Å². The van der Waals surface area contributed by atoms with Crippen LogP contribution in [0.5, 0.6) is 0 Å². The predicted octanol–water partition coefficient (Wildman–Crippen LogP) is 2.04. The number of benzene rings is 1. The van der Waals surface area contributed by atoms with E-state index in [1.54, 1.807) is 4.90 Å². The fourth-order valence-corrected chi connectivity index (χ4v) is 1.55. The van der Waals surface area contributed by atoms with Crippen LogP contribution in [0.15, 0.2) is 18.2 Å². The van der Waals surface area contributed by atoms with Gasteiger partial charge in [-0.15, -0.1) is 0 Å². The summed E-state index contributed by atoms with van der Waals surface area (Å²) >= 11 is 0. The summed E-state index contributed by atoms with van der Waals surface area (Å²) in [6.45, 7) is 4.62. The van der Waals surface area contributed by atoms with E-state index >= 15 is 0 Å². The average Bonchev–Trinajstić information content (AvgIpc) is 2.40. The molecule has 0 aromatic heterocycles. The summed E-state index contributed by atoms with van der Waals surface area (Å²) < 4.78 is 13.4. The minimum atomic E-state index is -0.484. The van der Waals surface area contributed by atoms with Gasteiger partial charge in [0, 0.05) is 18.8 Å². The number of anilines is 1. The van der Waals surface area contributed by atoms with E-state index in [2.05, 4.69) is 17.2 Å². The molecule has 0 unspecified atom stereocenters. The highest BCUT2D eigenvalue weighted by Crippen LogP contribution is 2.14. The van der Waals surface area contributed by atoms with Gasteiger partial charge in [0.15, 0.2) is 0 Å². The minimum Gasteiger partial charge on any atom is -0.384 e. The molecule has 0 aliphatic carbocycles. The monoisotopic (exact) mass is 264 g/mol. The van der Waals surface area contributed by atoms with Crippen molar-refractivity contribution < 1.29 is 14.3 Å². The number of halogens is 1. The van der Waals surface area contributed by atoms with Gasteiger partial charge in [0.05, 0.1) is 5.56 Å². The molecular weight excluding hydrogens is 247 g/mol. The summed E-state index contributed by atoms with van der Waals surface area (Å²) in [4.78, 5) is 13.4. The van der Waals surface area contributed by atoms with E-state index in [1.165, 1.54) is 18.2 Å². The molecule has 0 spiro atoms. The lowest BCUT2D eigenvalue weighted by Crippen LogP contribution is -2.34. The van der Waals surface area contributed by atoms with E-state index in [9.17, 15) is 9.18 Å². The van der Waals surface area contributed by atoms with Gasteiger partial charge in [-0.25, -0.2) is 9.18 Å². The summed E-state index contributed by atoms with van der Waals surface area (Å²) in [5.74, 6) is 4.38. The topological polar surface area (TPSA) is 52.6 Å². The maximum atomic E-state index is 13.4. The Morgan fingerprint density at radius 1 is 1.42 bits per heavy atom. The highest BCUT2D eigenvalue weighted by Gasteiger charge is 2.10. The van der Waals surface area contributed by atoms with Gasteiger partial charge in [-0.05, 0) is 32.0 Å². The van der Waals surface area contributed by atoms with E-state index < -0.39 is 5.82 Å². The highest BCUT2D eigenvalue weighted by molar-refractivity contribution is 5.89. The van der Waals surface area contributed by atoms with E-state index in [-0.39, 0.29) is 18.2 Å². The summed E-state index contributed by atoms with van der Waals surface area (Å²) in [6, 6.07) is 3.91. The Bertz CT molecular complexity index is 502. The van der Waals surface area contributed by atoms with Gasteiger partial charge in [0.2, 0.25) is 0 Å². The Balaban J connectivity index is 2.88. The van der Waals surface area contributed by atoms with Crippen LogP contribution in [-0.4, -0.2) is 35.7 Å². The van der Waals surface area contributed by atoms with Gasteiger partial charge in [0.1, 0.15) is 12.4 Å². The minimum absolute atomic E-state index is 0.145. The van der Waals surface area contributed by atoms with Crippen LogP contribution in [0.1, 0.15) is 19.4 Å². The molecule has 1 aromatic carbocycles. The van der Waals surface area contributed by atoms with Gasteiger partial charge < -0.3 is 15.3 Å². The van der Waals surface area contributed by atoms with Crippen LogP contribution in [0.2, 0.25) is 0 Å². The van der Waals surface area contributed by atoms with E-state index in [0.29, 0.717) is 18.8 Å². The molecule has 1 aromatic rings. The number of nitrogens with zero attached hydrogens (tertiary/aromatic N) is 1. The molecule has 2 amide bonds. The molecule has 0 aliphatic rings. The molecule has 4 nitrogen and oxygen atoms in total. The van der Waals surface area contributed by atoms with Crippen LogP contribution < -0.4 is 5.32 Å². The van der Waals surface area contributed by atoms with Crippen LogP contribution >= 0.6 is 0 Å². The normalized spacial score (nSPS) is 9.47. The Morgan fingerprint density at radius 3 is 2.68 bits per heavy atom. The van der Waals surface area contributed by atoms with Gasteiger partial charge in [-0.1, -0.05) is 11.8 Å². The smallest absolute Gasteiger partial charge is 0.321 e. The lowest BCUT2D eigenvalue weighted by atomic mass is 10.2. The fourth-order valence-electron chi connectivity index (χ4n) is 1.55. The molecular formula is C14H17FN2O2. The molecule has 0 saturated heterocycles. The molecule has 0 atom stereocenters. The van der Waals surface area contributed by atoms with Crippen molar-refractivity contribution in [3.63, 3.8) is 0 Å². The largest absolute Gasteiger partial charge is 0.384 e. The van der Waals surface area contributed by atoms with Crippen LogP contribution in [0, 0.1) is 17.7 Å². The second-order valence-corrected chi connectivity index (χ2v) is 3.76. The van der Waals surface area contributed by atoms with Gasteiger partial charge in [-0.3, -0.25) is 0 Å². The van der Waals surface area contributed by atoms with Crippen molar-refractivity contribution in [3.05, 3.63) is 29.6 Å². The number of aliphatic hydroxyl groups is 1. The number of rotatable bonds is 3. The summed E-state index contributed by atoms with van der Waals surface area (Å²) in [5.41, 5.74) is 0.618. The predicted molar refractivity (Wildman–Crippen MR) is 72.3 cm³/mol. The molecule has 0 radical (unpaired) electrons. The molecule has 0 saturated carbocycles. The van der Waals surface area contributed by atoms with Gasteiger partial charge >= 0.3 is 6.03 Å². The third kappa shape index (κ3) is 4.27. The molecule has 5 heteroatoms. The molecule has 2 N–H and O–H groups in total. The first-order valence-electron chi connectivity index (χ1n) is 6.07. The SMILES string of the molecule is CCN(CC)C(=O)Nc1ccc(F)c(C#CCO)c1. The van der Waals surface area contributed by atoms with Crippen molar-refractivity contribution in [3.8, 4) is 11.8 Å². The van der Waals surface area contributed by atoms with Crippen molar-refractivity contribution in [1.82, 2.24) is 4.90 Å². The number of aliphatic hydroxyl groups excluding tert-OH is 1. The molecule has 1 rings (SSSR count). The highest BCUT2D eigenvalue weighted by atomic mass is 19.1. The van der Waals surface area contributed by atoms with E-state index in [4.69, 9.17) is 5.11 Å². The second-order valence-electron chi connectivity index (χ2n) is 3.76. The number of amides is 2. The third-order valence-corrected chi connectivity index (χ3v) is 2.57. The first kappa shape index (κ1) is 15.0. The number of hydrogen-bond acceptors (Lipinski definition) is 2. The number of carbonyl (C=O) groups is 1. The van der Waals surface area contributed by atoms with Crippen LogP contribution in [-0.2, 0) is 0 Å². The molecule has 0 heterocycles. The lowest BCUT2D eigenvalue weighted by molar-refractivity contribution is 0.217. The van der Waals surface area contributed by atoms with Crippen LogP contribution in [0.3, 0.4) is 0 Å². The maximum Gasteiger partial charge on any atom is 0.321 e. The zero-order chi connectivity index (χ0) is 14.3. The third-order valence-electron chi connectivity index (χ3n) is 2.57. The van der Waals surface area contributed by atoms with Gasteiger partial charge in [-0.2, -0.15) is 0 Å². The van der Waals surface area contributed by atoms with E-state index in [1.807, 2.05) is 13.8 Å². The number of nitrogens with one attached hydrogen (secondary N) is 1. The van der Waals surface area contributed by atoms with Crippen molar-refractivity contribution in [2.24, 2.45) is 0 Å². The maximum absolute atomic E-state index is 13.4. The number of carbonyl (C=O) groups excluding carboxylic acids is 1. The van der Waals surface area contributed by atoms with Crippen molar-refractivity contribution in [1.29, 1.82) is 0 Å². The Morgan fingerprint density at radius 2 is 2.11 bits per heavy atom. The van der Waals surface area contributed by atoms with Crippen LogP contribution in [0.25, 0.3) is 0 Å². The van der Waals surface area contributed by atoms with E-state index in [0.717, 1.165) is 0 Å². The summed E-state index contributed by atoms with van der Waals surface area (Å²) in [5, 5.41) is 11.3. The van der Waals surface area contributed by atoms with Gasteiger partial charge in [0.25, 0.3) is 0 Å². The lowest BCUT2D eigenvalue weighted by Gasteiger charge is -2.19. The second kappa shape index (κ2) is 7.39. The first-order chi connectivity index (χ1) is 9.12. The van der Waals surface area contributed by atoms with Crippen molar-refractivity contribution >= 4 is 11.7 Å². The Labute approximate surface area is 112 Å². The zero-order valence-electron chi connectivity index (χ0n) is 11.0. The number of urea groups is 1. The van der Waals surface area contributed by atoms with Crippen molar-refractivity contribution in [2.75, 3.05) is 25.0 Å². The first-order valence-corrected chi connectivity index (χ1v) is 6.07. The van der Waals surface area contributed by atoms with Crippen LogP contribution in [0.4, 0.5) is 14.9 Å². The number of hydrogen-bond donors (Lipinski definition) is 2.